The first-order valence-electron chi connectivity index (χ1n) is 15.7. The Morgan fingerprint density at radius 3 is 2.26 bits per heavy atom. The van der Waals surface area contributed by atoms with Crippen molar-refractivity contribution in [1.29, 1.82) is 0 Å². The molecule has 5 aromatic carbocycles. The van der Waals surface area contributed by atoms with Gasteiger partial charge in [-0.1, -0.05) is 74.5 Å². The molecule has 0 spiro atoms. The van der Waals surface area contributed by atoms with Gasteiger partial charge in [-0.25, -0.2) is 14.4 Å². The third-order valence-electron chi connectivity index (χ3n) is 10.0. The number of fused-ring (bicyclic) bond motifs is 9. The van der Waals surface area contributed by atoms with Crippen LogP contribution in [0.5, 0.6) is 17.2 Å². The Morgan fingerprint density at radius 1 is 0.826 bits per heavy atom. The van der Waals surface area contributed by atoms with E-state index in [9.17, 15) is 4.39 Å². The van der Waals surface area contributed by atoms with Crippen LogP contribution in [0.3, 0.4) is 0 Å². The number of para-hydroxylation sites is 1. The molecular formula is C40H33FN2O3. The smallest absolute Gasteiger partial charge is 0.212 e. The Labute approximate surface area is 267 Å². The highest BCUT2D eigenvalue weighted by Gasteiger charge is 2.47. The van der Waals surface area contributed by atoms with Gasteiger partial charge in [0.05, 0.1) is 19.7 Å². The van der Waals surface area contributed by atoms with Gasteiger partial charge in [0, 0.05) is 33.5 Å². The van der Waals surface area contributed by atoms with E-state index >= 15 is 0 Å². The van der Waals surface area contributed by atoms with Gasteiger partial charge in [-0.3, -0.25) is 0 Å². The fourth-order valence-electron chi connectivity index (χ4n) is 7.73. The van der Waals surface area contributed by atoms with Crippen LogP contribution in [0.1, 0.15) is 54.8 Å². The maximum absolute atomic E-state index is 14.3. The fraction of sp³-hybridized carbons (Fsp3) is 0.200. The topological polar surface area (TPSA) is 53.5 Å². The van der Waals surface area contributed by atoms with Crippen molar-refractivity contribution in [3.8, 4) is 28.4 Å². The van der Waals surface area contributed by atoms with E-state index in [4.69, 9.17) is 24.2 Å². The monoisotopic (exact) mass is 608 g/mol. The molecule has 1 unspecified atom stereocenters. The molecule has 2 aliphatic rings. The molecule has 2 heterocycles. The Morgan fingerprint density at radius 2 is 1.52 bits per heavy atom. The normalized spacial score (nSPS) is 17.3. The summed E-state index contributed by atoms with van der Waals surface area (Å²) in [5.74, 6) is 2.10. The van der Waals surface area contributed by atoms with E-state index in [2.05, 4.69) is 50.3 Å². The standard InChI is InChI=1S/C40H33FN2O3/c1-5-39(6-2)31-13-9-8-12-27(31)35-29-21-33(44-3)34(45-4)22-30(29)37-28(36(35)39)19-20-40(46-37,25-15-17-26(41)18-16-25)38-42-23-24-11-7-10-14-32(24)43-38/h7-23H,5-6H2,1-4H3. The molecule has 0 radical (unpaired) electrons. The number of benzene rings is 5. The zero-order valence-electron chi connectivity index (χ0n) is 26.2. The molecular weight excluding hydrogens is 575 g/mol. The van der Waals surface area contributed by atoms with Crippen LogP contribution >= 0.6 is 0 Å². The molecule has 228 valence electrons. The Kier molecular flexibility index (Phi) is 6.40. The second kappa shape index (κ2) is 10.4. The zero-order valence-corrected chi connectivity index (χ0v) is 26.2. The predicted molar refractivity (Wildman–Crippen MR) is 180 cm³/mol. The summed E-state index contributed by atoms with van der Waals surface area (Å²) in [6.07, 6.45) is 7.87. The van der Waals surface area contributed by atoms with Crippen LogP contribution in [0, 0.1) is 5.82 Å². The van der Waals surface area contributed by atoms with Crippen LogP contribution in [0.2, 0.25) is 0 Å². The third kappa shape index (κ3) is 3.79. The minimum atomic E-state index is -1.23. The highest BCUT2D eigenvalue weighted by Crippen LogP contribution is 2.61. The van der Waals surface area contributed by atoms with Crippen molar-refractivity contribution >= 4 is 27.8 Å². The van der Waals surface area contributed by atoms with Gasteiger partial charge in [-0.2, -0.15) is 0 Å². The van der Waals surface area contributed by atoms with E-state index in [1.54, 1.807) is 26.4 Å². The Balaban J connectivity index is 1.50. The van der Waals surface area contributed by atoms with Crippen LogP contribution in [0.4, 0.5) is 4.39 Å². The molecule has 0 saturated carbocycles. The molecule has 5 nitrogen and oxygen atoms in total. The third-order valence-corrected chi connectivity index (χ3v) is 10.0. The van der Waals surface area contributed by atoms with Gasteiger partial charge in [0.1, 0.15) is 11.6 Å². The first-order chi connectivity index (χ1) is 22.5. The summed E-state index contributed by atoms with van der Waals surface area (Å²) in [5, 5.41) is 2.83. The number of aromatic nitrogens is 2. The first kappa shape index (κ1) is 28.3. The van der Waals surface area contributed by atoms with Crippen LogP contribution in [0.15, 0.2) is 97.2 Å². The van der Waals surface area contributed by atoms with Gasteiger partial charge in [-0.15, -0.1) is 0 Å². The van der Waals surface area contributed by atoms with Crippen molar-refractivity contribution < 1.29 is 18.6 Å². The molecule has 6 heteroatoms. The Bertz CT molecular complexity index is 2200. The fourth-order valence-corrected chi connectivity index (χ4v) is 7.73. The highest BCUT2D eigenvalue weighted by atomic mass is 19.1. The molecule has 0 saturated heterocycles. The number of hydrogen-bond acceptors (Lipinski definition) is 5. The van der Waals surface area contributed by atoms with E-state index in [0.29, 0.717) is 23.1 Å². The zero-order chi connectivity index (χ0) is 31.6. The van der Waals surface area contributed by atoms with Crippen LogP contribution in [-0.4, -0.2) is 24.2 Å². The number of nitrogens with zero attached hydrogens (tertiary/aromatic N) is 2. The van der Waals surface area contributed by atoms with Gasteiger partial charge in [0.25, 0.3) is 0 Å². The van der Waals surface area contributed by atoms with Crippen LogP contribution in [0.25, 0.3) is 38.9 Å². The van der Waals surface area contributed by atoms with Crippen molar-refractivity contribution in [2.24, 2.45) is 0 Å². The van der Waals surface area contributed by atoms with Crippen molar-refractivity contribution in [3.63, 3.8) is 0 Å². The maximum Gasteiger partial charge on any atom is 0.212 e. The van der Waals surface area contributed by atoms with E-state index in [1.807, 2.05) is 42.6 Å². The number of halogens is 1. The molecule has 6 aromatic rings. The van der Waals surface area contributed by atoms with E-state index < -0.39 is 5.60 Å². The minimum Gasteiger partial charge on any atom is -0.493 e. The lowest BCUT2D eigenvalue weighted by atomic mass is 9.71. The lowest BCUT2D eigenvalue weighted by Crippen LogP contribution is -2.37. The highest BCUT2D eigenvalue weighted by molar-refractivity contribution is 6.09. The molecule has 46 heavy (non-hydrogen) atoms. The summed E-state index contributed by atoms with van der Waals surface area (Å²) in [4.78, 5) is 9.88. The Hall–Kier alpha value is -5.23. The minimum absolute atomic E-state index is 0.222. The second-order valence-electron chi connectivity index (χ2n) is 12.0. The molecule has 0 bridgehead atoms. The molecule has 0 N–H and O–H groups in total. The quantitative estimate of drug-likeness (QED) is 0.189. The maximum atomic E-state index is 14.3. The number of rotatable bonds is 6. The van der Waals surface area contributed by atoms with Gasteiger partial charge >= 0.3 is 0 Å². The summed E-state index contributed by atoms with van der Waals surface area (Å²) in [7, 11) is 3.30. The van der Waals surface area contributed by atoms with Crippen molar-refractivity contribution in [1.82, 2.24) is 9.97 Å². The predicted octanol–water partition coefficient (Wildman–Crippen LogP) is 9.38. The van der Waals surface area contributed by atoms with E-state index in [-0.39, 0.29) is 11.2 Å². The average Bonchev–Trinajstić information content (AvgIpc) is 3.41. The number of methoxy groups -OCH3 is 2. The molecule has 1 aromatic heterocycles. The molecule has 1 atom stereocenters. The molecule has 1 aliphatic carbocycles. The second-order valence-corrected chi connectivity index (χ2v) is 12.0. The molecule has 8 rings (SSSR count). The van der Waals surface area contributed by atoms with Gasteiger partial charge in [0.2, 0.25) is 5.60 Å². The van der Waals surface area contributed by atoms with Gasteiger partial charge in [0.15, 0.2) is 17.3 Å². The van der Waals surface area contributed by atoms with Crippen molar-refractivity contribution in [2.75, 3.05) is 14.2 Å². The first-order valence-corrected chi connectivity index (χ1v) is 15.7. The van der Waals surface area contributed by atoms with Gasteiger partial charge < -0.3 is 14.2 Å². The van der Waals surface area contributed by atoms with Crippen molar-refractivity contribution in [3.05, 3.63) is 131 Å². The lowest BCUT2D eigenvalue weighted by Gasteiger charge is -2.38. The molecule has 0 fully saturated rings. The van der Waals surface area contributed by atoms with Crippen molar-refractivity contribution in [2.45, 2.75) is 37.7 Å². The summed E-state index contributed by atoms with van der Waals surface area (Å²) >= 11 is 0. The largest absolute Gasteiger partial charge is 0.493 e. The van der Waals surface area contributed by atoms with E-state index in [0.717, 1.165) is 45.6 Å². The number of ether oxygens (including phenoxy) is 3. The number of hydrogen-bond donors (Lipinski definition) is 0. The summed E-state index contributed by atoms with van der Waals surface area (Å²) < 4.78 is 33.3. The molecule has 0 amide bonds. The molecule has 1 aliphatic heterocycles. The summed E-state index contributed by atoms with van der Waals surface area (Å²) in [6, 6.07) is 27.1. The lowest BCUT2D eigenvalue weighted by molar-refractivity contribution is 0.153. The summed E-state index contributed by atoms with van der Waals surface area (Å²) in [5.41, 5.74) is 6.08. The van der Waals surface area contributed by atoms with E-state index in [1.165, 1.54) is 34.4 Å². The summed E-state index contributed by atoms with van der Waals surface area (Å²) in [6.45, 7) is 4.53. The SMILES string of the molecule is CCC1(CC)c2ccccc2-c2c1c1c(c3cc(OC)c(OC)cc23)OC(c2ccc(F)cc2)(c2ncc3ccccc3n2)C=C1. The van der Waals surface area contributed by atoms with Gasteiger partial charge in [-0.05, 0) is 76.9 Å². The van der Waals surface area contributed by atoms with Crippen LogP contribution < -0.4 is 14.2 Å². The average molecular weight is 609 g/mol. The van der Waals surface area contributed by atoms with Crippen LogP contribution in [-0.2, 0) is 11.0 Å².